The van der Waals surface area contributed by atoms with E-state index in [0.29, 0.717) is 31.0 Å². The maximum Gasteiger partial charge on any atom is 0.410 e. The van der Waals surface area contributed by atoms with Gasteiger partial charge in [0, 0.05) is 30.8 Å². The number of carbonyl (C=O) groups excluding carboxylic acids is 2. The summed E-state index contributed by atoms with van der Waals surface area (Å²) in [6, 6.07) is 5.21. The topological polar surface area (TPSA) is 59.1 Å². The number of likely N-dealkylation sites (N-methyl/N-ethyl adjacent to an activating group) is 1. The van der Waals surface area contributed by atoms with Crippen molar-refractivity contribution in [2.24, 2.45) is 0 Å². The lowest BCUT2D eigenvalue weighted by molar-refractivity contribution is 0.0551. The third kappa shape index (κ3) is 3.82. The van der Waals surface area contributed by atoms with Crippen molar-refractivity contribution in [3.63, 3.8) is 0 Å². The fraction of sp³-hybridized carbons (Fsp3) is 0.529. The van der Waals surface area contributed by atoms with Gasteiger partial charge in [-0.3, -0.25) is 9.69 Å². The van der Waals surface area contributed by atoms with Gasteiger partial charge in [0.2, 0.25) is 0 Å². The van der Waals surface area contributed by atoms with Gasteiger partial charge >= 0.3 is 6.09 Å². The standard InChI is InChI=1S/C17H24N2O4/c1-5-23-17(21)19-9-8-18(3)11-15(19)14-7-6-13(12(2)20)10-16(14)22-4/h6-7,10,15H,5,8-9,11H2,1-4H3. The molecule has 0 spiro atoms. The molecule has 0 saturated carbocycles. The second kappa shape index (κ2) is 7.46. The first-order valence-electron chi connectivity index (χ1n) is 7.78. The summed E-state index contributed by atoms with van der Waals surface area (Å²) >= 11 is 0. The zero-order valence-corrected chi connectivity index (χ0v) is 14.2. The van der Waals surface area contributed by atoms with Crippen LogP contribution >= 0.6 is 0 Å². The Bertz CT molecular complexity index is 588. The van der Waals surface area contributed by atoms with Crippen molar-refractivity contribution in [1.82, 2.24) is 9.80 Å². The molecule has 1 saturated heterocycles. The minimum Gasteiger partial charge on any atom is -0.496 e. The second-order valence-corrected chi connectivity index (χ2v) is 5.68. The van der Waals surface area contributed by atoms with Crippen LogP contribution in [-0.4, -0.2) is 62.1 Å². The number of ketones is 1. The number of rotatable bonds is 4. The SMILES string of the molecule is CCOC(=O)N1CCN(C)CC1c1ccc(C(C)=O)cc1OC. The van der Waals surface area contributed by atoms with Crippen LogP contribution in [0.4, 0.5) is 4.79 Å². The smallest absolute Gasteiger partial charge is 0.410 e. The van der Waals surface area contributed by atoms with Gasteiger partial charge < -0.3 is 14.4 Å². The molecule has 1 atom stereocenters. The number of piperazine rings is 1. The molecular weight excluding hydrogens is 296 g/mol. The predicted octanol–water partition coefficient (Wildman–Crippen LogP) is 2.34. The van der Waals surface area contributed by atoms with E-state index < -0.39 is 0 Å². The van der Waals surface area contributed by atoms with Gasteiger partial charge in [-0.25, -0.2) is 4.79 Å². The molecule has 1 aliphatic heterocycles. The molecule has 1 amide bonds. The molecule has 1 aliphatic rings. The quantitative estimate of drug-likeness (QED) is 0.797. The summed E-state index contributed by atoms with van der Waals surface area (Å²) in [6.07, 6.45) is -0.316. The maximum atomic E-state index is 12.3. The zero-order valence-electron chi connectivity index (χ0n) is 14.2. The molecule has 0 N–H and O–H groups in total. The van der Waals surface area contributed by atoms with Crippen molar-refractivity contribution in [2.45, 2.75) is 19.9 Å². The largest absolute Gasteiger partial charge is 0.496 e. The van der Waals surface area contributed by atoms with Gasteiger partial charge in [0.15, 0.2) is 5.78 Å². The average molecular weight is 320 g/mol. The van der Waals surface area contributed by atoms with Gasteiger partial charge in [-0.2, -0.15) is 0 Å². The number of hydrogen-bond acceptors (Lipinski definition) is 5. The van der Waals surface area contributed by atoms with Gasteiger partial charge in [0.25, 0.3) is 0 Å². The summed E-state index contributed by atoms with van der Waals surface area (Å²) in [7, 11) is 3.59. The molecule has 0 radical (unpaired) electrons. The number of nitrogens with zero attached hydrogens (tertiary/aromatic N) is 2. The summed E-state index contributed by atoms with van der Waals surface area (Å²) in [6.45, 7) is 5.74. The highest BCUT2D eigenvalue weighted by Gasteiger charge is 2.33. The summed E-state index contributed by atoms with van der Waals surface area (Å²) in [4.78, 5) is 27.7. The highest BCUT2D eigenvalue weighted by Crippen LogP contribution is 2.33. The fourth-order valence-corrected chi connectivity index (χ4v) is 2.82. The average Bonchev–Trinajstić information content (AvgIpc) is 2.54. The van der Waals surface area contributed by atoms with Crippen LogP contribution in [0.1, 0.15) is 35.8 Å². The fourth-order valence-electron chi connectivity index (χ4n) is 2.82. The third-order valence-corrected chi connectivity index (χ3v) is 4.08. The Morgan fingerprint density at radius 2 is 2.04 bits per heavy atom. The van der Waals surface area contributed by atoms with E-state index in [9.17, 15) is 9.59 Å². The lowest BCUT2D eigenvalue weighted by Crippen LogP contribution is -2.49. The lowest BCUT2D eigenvalue weighted by Gasteiger charge is -2.39. The molecule has 1 unspecified atom stereocenters. The van der Waals surface area contributed by atoms with Crippen LogP contribution in [0.25, 0.3) is 0 Å². The molecule has 0 aliphatic carbocycles. The van der Waals surface area contributed by atoms with E-state index in [0.717, 1.165) is 12.1 Å². The highest BCUT2D eigenvalue weighted by atomic mass is 16.6. The first-order valence-corrected chi connectivity index (χ1v) is 7.78. The van der Waals surface area contributed by atoms with E-state index in [-0.39, 0.29) is 17.9 Å². The number of Topliss-reactive ketones (excluding diaryl/α,β-unsaturated/α-hetero) is 1. The van der Waals surface area contributed by atoms with E-state index in [4.69, 9.17) is 9.47 Å². The minimum atomic E-state index is -0.316. The van der Waals surface area contributed by atoms with Crippen LogP contribution in [-0.2, 0) is 4.74 Å². The van der Waals surface area contributed by atoms with Crippen LogP contribution < -0.4 is 4.74 Å². The van der Waals surface area contributed by atoms with E-state index in [1.54, 1.807) is 31.1 Å². The number of benzene rings is 1. The molecule has 126 valence electrons. The number of hydrogen-bond donors (Lipinski definition) is 0. The van der Waals surface area contributed by atoms with Crippen LogP contribution in [0.2, 0.25) is 0 Å². The molecular formula is C17H24N2O4. The molecule has 0 aromatic heterocycles. The molecule has 6 nitrogen and oxygen atoms in total. The molecule has 2 rings (SSSR count). The van der Waals surface area contributed by atoms with Crippen LogP contribution in [0, 0.1) is 0 Å². The van der Waals surface area contributed by atoms with Crippen molar-refractivity contribution in [2.75, 3.05) is 40.4 Å². The Morgan fingerprint density at radius 3 is 2.65 bits per heavy atom. The predicted molar refractivity (Wildman–Crippen MR) is 87.0 cm³/mol. The maximum absolute atomic E-state index is 12.3. The Labute approximate surface area is 137 Å². The van der Waals surface area contributed by atoms with Gasteiger partial charge in [0.1, 0.15) is 5.75 Å². The van der Waals surface area contributed by atoms with Crippen LogP contribution in [0.3, 0.4) is 0 Å². The minimum absolute atomic E-state index is 0.0159. The monoisotopic (exact) mass is 320 g/mol. The van der Waals surface area contributed by atoms with Gasteiger partial charge in [0.05, 0.1) is 19.8 Å². The van der Waals surface area contributed by atoms with Gasteiger partial charge in [-0.15, -0.1) is 0 Å². The normalized spacial score (nSPS) is 18.6. The van der Waals surface area contributed by atoms with Crippen LogP contribution in [0.15, 0.2) is 18.2 Å². The van der Waals surface area contributed by atoms with Gasteiger partial charge in [-0.1, -0.05) is 12.1 Å². The summed E-state index contributed by atoms with van der Waals surface area (Å²) in [5.41, 5.74) is 1.48. The van der Waals surface area contributed by atoms with Crippen molar-refractivity contribution < 1.29 is 19.1 Å². The van der Waals surface area contributed by atoms with Crippen molar-refractivity contribution in [3.8, 4) is 5.75 Å². The Balaban J connectivity index is 2.38. The number of amides is 1. The molecule has 0 bridgehead atoms. The number of ether oxygens (including phenoxy) is 2. The van der Waals surface area contributed by atoms with Gasteiger partial charge in [-0.05, 0) is 27.0 Å². The third-order valence-electron chi connectivity index (χ3n) is 4.08. The van der Waals surface area contributed by atoms with Crippen molar-refractivity contribution in [1.29, 1.82) is 0 Å². The summed E-state index contributed by atoms with van der Waals surface area (Å²) < 4.78 is 10.6. The summed E-state index contributed by atoms with van der Waals surface area (Å²) in [5.74, 6) is 0.602. The zero-order chi connectivity index (χ0) is 17.0. The lowest BCUT2D eigenvalue weighted by atomic mass is 9.99. The number of methoxy groups -OCH3 is 1. The van der Waals surface area contributed by atoms with E-state index in [1.165, 1.54) is 6.92 Å². The molecule has 23 heavy (non-hydrogen) atoms. The van der Waals surface area contributed by atoms with Crippen LogP contribution in [0.5, 0.6) is 5.75 Å². The molecule has 1 fully saturated rings. The van der Waals surface area contributed by atoms with E-state index in [1.807, 2.05) is 13.1 Å². The highest BCUT2D eigenvalue weighted by molar-refractivity contribution is 5.94. The van der Waals surface area contributed by atoms with E-state index in [2.05, 4.69) is 4.90 Å². The molecule has 1 aromatic carbocycles. The number of carbonyl (C=O) groups is 2. The Kier molecular flexibility index (Phi) is 5.60. The van der Waals surface area contributed by atoms with E-state index >= 15 is 0 Å². The molecule has 1 heterocycles. The first kappa shape index (κ1) is 17.3. The van der Waals surface area contributed by atoms with Crippen molar-refractivity contribution >= 4 is 11.9 Å². The first-order chi connectivity index (χ1) is 11.0. The molecule has 6 heteroatoms. The second-order valence-electron chi connectivity index (χ2n) is 5.68. The Morgan fingerprint density at radius 1 is 1.30 bits per heavy atom. The molecule has 1 aromatic rings. The van der Waals surface area contributed by atoms with Crippen molar-refractivity contribution in [3.05, 3.63) is 29.3 Å². The Hall–Kier alpha value is -2.08. The summed E-state index contributed by atoms with van der Waals surface area (Å²) in [5, 5.41) is 0.